The molecule has 0 saturated heterocycles. The summed E-state index contributed by atoms with van der Waals surface area (Å²) in [5, 5.41) is 3.14. The number of pyridine rings is 1. The summed E-state index contributed by atoms with van der Waals surface area (Å²) in [5.74, 6) is 0.423. The van der Waals surface area contributed by atoms with E-state index in [1.807, 2.05) is 12.3 Å². The molecule has 2 bridgehead atoms. The molecule has 5 nitrogen and oxygen atoms in total. The molecule has 0 spiro atoms. The van der Waals surface area contributed by atoms with E-state index in [0.717, 1.165) is 31.6 Å². The third-order valence-corrected chi connectivity index (χ3v) is 7.28. The molecule has 4 aliphatic rings. The van der Waals surface area contributed by atoms with Crippen LogP contribution in [0.5, 0.6) is 5.75 Å². The van der Waals surface area contributed by atoms with Gasteiger partial charge in [0, 0.05) is 24.2 Å². The van der Waals surface area contributed by atoms with Gasteiger partial charge in [-0.1, -0.05) is 30.5 Å². The number of benzene rings is 1. The summed E-state index contributed by atoms with van der Waals surface area (Å²) in [5.41, 5.74) is 1.38. The van der Waals surface area contributed by atoms with Gasteiger partial charge in [-0.25, -0.2) is 4.39 Å². The van der Waals surface area contributed by atoms with Crippen molar-refractivity contribution in [3.8, 4) is 5.75 Å². The number of carbonyl (C=O) groups excluding carboxylic acids is 2. The number of carbonyl (C=O) groups is 2. The molecule has 4 aliphatic carbocycles. The Morgan fingerprint density at radius 1 is 1.19 bits per heavy atom. The molecule has 1 aromatic heterocycles. The van der Waals surface area contributed by atoms with Crippen LogP contribution < -0.4 is 10.1 Å². The predicted molar refractivity (Wildman–Crippen MR) is 118 cm³/mol. The molecular weight excluding hydrogens is 431 g/mol. The second-order valence-electron chi connectivity index (χ2n) is 9.88. The fourth-order valence-corrected chi connectivity index (χ4v) is 5.42. The Morgan fingerprint density at radius 3 is 2.62 bits per heavy atom. The standard InChI is InChI=1S/C25H26ClFN2O3/c26-20-7-6-19(9-21(20)27)32-12-18(30)10-24-13-25(14-24,15-24)29-23(31)22-8-5-17(11-28-22)4-3-16-1-2-16/h5-9,11,16H,1-4,10,12-15H2,(H,29,31). The predicted octanol–water partition coefficient (Wildman–Crippen LogP) is 4.91. The van der Waals surface area contributed by atoms with Crippen LogP contribution in [0, 0.1) is 17.2 Å². The fraction of sp³-hybridized carbons (Fsp3) is 0.480. The first kappa shape index (κ1) is 21.4. The Kier molecular flexibility index (Phi) is 5.44. The Hall–Kier alpha value is -2.47. The molecule has 0 radical (unpaired) electrons. The van der Waals surface area contributed by atoms with Crippen LogP contribution >= 0.6 is 11.6 Å². The van der Waals surface area contributed by atoms with Crippen LogP contribution in [0.2, 0.25) is 5.02 Å². The van der Waals surface area contributed by atoms with Crippen LogP contribution in [-0.2, 0) is 11.2 Å². The van der Waals surface area contributed by atoms with E-state index < -0.39 is 5.82 Å². The first-order valence-corrected chi connectivity index (χ1v) is 11.6. The van der Waals surface area contributed by atoms with Gasteiger partial charge in [0.05, 0.1) is 5.02 Å². The zero-order valence-electron chi connectivity index (χ0n) is 17.8. The number of ketones is 1. The van der Waals surface area contributed by atoms with E-state index in [1.54, 1.807) is 6.07 Å². The fourth-order valence-electron chi connectivity index (χ4n) is 5.31. The van der Waals surface area contributed by atoms with Gasteiger partial charge < -0.3 is 10.1 Å². The smallest absolute Gasteiger partial charge is 0.270 e. The summed E-state index contributed by atoms with van der Waals surface area (Å²) in [6.07, 6.45) is 9.54. The number of nitrogens with zero attached hydrogens (tertiary/aromatic N) is 1. The highest BCUT2D eigenvalue weighted by Crippen LogP contribution is 2.69. The lowest BCUT2D eigenvalue weighted by molar-refractivity contribution is -0.162. The van der Waals surface area contributed by atoms with Crippen LogP contribution in [0.1, 0.15) is 61.0 Å². The molecule has 0 unspecified atom stereocenters. The van der Waals surface area contributed by atoms with Crippen LogP contribution in [0.15, 0.2) is 36.5 Å². The summed E-state index contributed by atoms with van der Waals surface area (Å²) < 4.78 is 18.9. The third kappa shape index (κ3) is 4.51. The quantitative estimate of drug-likeness (QED) is 0.551. The molecule has 7 heteroatoms. The van der Waals surface area contributed by atoms with Crippen molar-refractivity contribution in [2.24, 2.45) is 11.3 Å². The summed E-state index contributed by atoms with van der Waals surface area (Å²) in [6, 6.07) is 7.92. The molecule has 1 N–H and O–H groups in total. The summed E-state index contributed by atoms with van der Waals surface area (Å²) in [6.45, 7) is -0.0980. The lowest BCUT2D eigenvalue weighted by atomic mass is 9.38. The van der Waals surface area contributed by atoms with Crippen LogP contribution in [0.25, 0.3) is 0 Å². The van der Waals surface area contributed by atoms with Crippen LogP contribution in [0.3, 0.4) is 0 Å². The van der Waals surface area contributed by atoms with E-state index in [4.69, 9.17) is 16.3 Å². The van der Waals surface area contributed by atoms with Gasteiger partial charge in [0.1, 0.15) is 23.9 Å². The largest absolute Gasteiger partial charge is 0.486 e. The minimum Gasteiger partial charge on any atom is -0.486 e. The summed E-state index contributed by atoms with van der Waals surface area (Å²) >= 11 is 5.65. The molecule has 0 atom stereocenters. The molecule has 2 aromatic rings. The highest BCUT2D eigenvalue weighted by Gasteiger charge is 2.68. The molecule has 32 heavy (non-hydrogen) atoms. The molecule has 6 rings (SSSR count). The molecule has 0 aliphatic heterocycles. The van der Waals surface area contributed by atoms with Crippen molar-refractivity contribution in [2.75, 3.05) is 6.61 Å². The zero-order chi connectivity index (χ0) is 22.3. The van der Waals surface area contributed by atoms with Crippen molar-refractivity contribution in [3.63, 3.8) is 0 Å². The topological polar surface area (TPSA) is 68.3 Å². The summed E-state index contributed by atoms with van der Waals surface area (Å²) in [7, 11) is 0. The van der Waals surface area contributed by atoms with Crippen molar-refractivity contribution in [2.45, 2.75) is 56.9 Å². The van der Waals surface area contributed by atoms with Crippen molar-refractivity contribution in [1.82, 2.24) is 10.3 Å². The maximum absolute atomic E-state index is 13.5. The van der Waals surface area contributed by atoms with Crippen LogP contribution in [-0.4, -0.2) is 28.8 Å². The van der Waals surface area contributed by atoms with Gasteiger partial charge in [0.25, 0.3) is 5.91 Å². The number of hydrogen-bond donors (Lipinski definition) is 1. The van der Waals surface area contributed by atoms with E-state index in [2.05, 4.69) is 10.3 Å². The Morgan fingerprint density at radius 2 is 1.97 bits per heavy atom. The van der Waals surface area contributed by atoms with E-state index in [-0.39, 0.29) is 40.0 Å². The molecule has 4 saturated carbocycles. The Balaban J connectivity index is 1.05. The molecule has 1 amide bonds. The minimum absolute atomic E-state index is 0.0182. The van der Waals surface area contributed by atoms with Gasteiger partial charge in [-0.3, -0.25) is 14.6 Å². The van der Waals surface area contributed by atoms with Gasteiger partial charge in [-0.2, -0.15) is 0 Å². The van der Waals surface area contributed by atoms with E-state index in [1.165, 1.54) is 43.0 Å². The molecule has 168 valence electrons. The zero-order valence-corrected chi connectivity index (χ0v) is 18.6. The maximum Gasteiger partial charge on any atom is 0.270 e. The Bertz CT molecular complexity index is 1030. The number of aryl methyl sites for hydroxylation is 1. The number of ether oxygens (including phenoxy) is 1. The summed E-state index contributed by atoms with van der Waals surface area (Å²) in [4.78, 5) is 29.3. The highest BCUT2D eigenvalue weighted by molar-refractivity contribution is 6.30. The van der Waals surface area contributed by atoms with E-state index >= 15 is 0 Å². The SMILES string of the molecule is O=C(COc1ccc(Cl)c(F)c1)CC12CC(NC(=O)c3ccc(CCC4CC4)cn3)(C1)C2. The van der Waals surface area contributed by atoms with Crippen molar-refractivity contribution < 1.29 is 18.7 Å². The monoisotopic (exact) mass is 456 g/mol. The number of nitrogens with one attached hydrogen (secondary N) is 1. The molecule has 1 heterocycles. The highest BCUT2D eigenvalue weighted by atomic mass is 35.5. The second kappa shape index (κ2) is 8.14. The molecular formula is C25H26ClFN2O3. The first-order chi connectivity index (χ1) is 15.3. The third-order valence-electron chi connectivity index (χ3n) is 6.98. The molecule has 4 fully saturated rings. The first-order valence-electron chi connectivity index (χ1n) is 11.2. The van der Waals surface area contributed by atoms with E-state index in [9.17, 15) is 14.0 Å². The average molecular weight is 457 g/mol. The minimum atomic E-state index is -0.573. The lowest BCUT2D eigenvalue weighted by Gasteiger charge is -2.70. The number of halogens is 2. The maximum atomic E-state index is 13.5. The number of rotatable bonds is 10. The average Bonchev–Trinajstić information content (AvgIpc) is 3.55. The molecule has 1 aromatic carbocycles. The van der Waals surface area contributed by atoms with Crippen molar-refractivity contribution >= 4 is 23.3 Å². The normalized spacial score (nSPS) is 25.4. The van der Waals surface area contributed by atoms with E-state index in [0.29, 0.717) is 12.1 Å². The van der Waals surface area contributed by atoms with Gasteiger partial charge in [0.2, 0.25) is 0 Å². The Labute approximate surface area is 191 Å². The van der Waals surface area contributed by atoms with Gasteiger partial charge in [0.15, 0.2) is 5.78 Å². The second-order valence-corrected chi connectivity index (χ2v) is 10.3. The van der Waals surface area contributed by atoms with Gasteiger partial charge >= 0.3 is 0 Å². The number of Topliss-reactive ketones (excluding diaryl/α,β-unsaturated/α-hetero) is 1. The number of hydrogen-bond acceptors (Lipinski definition) is 4. The van der Waals surface area contributed by atoms with Crippen LogP contribution in [0.4, 0.5) is 4.39 Å². The van der Waals surface area contributed by atoms with Crippen molar-refractivity contribution in [1.29, 1.82) is 0 Å². The van der Waals surface area contributed by atoms with Gasteiger partial charge in [-0.05, 0) is 67.2 Å². The number of amides is 1. The van der Waals surface area contributed by atoms with Crippen molar-refractivity contribution in [3.05, 3.63) is 58.6 Å². The number of aromatic nitrogens is 1. The lowest BCUT2D eigenvalue weighted by Crippen LogP contribution is -2.75. The van der Waals surface area contributed by atoms with Gasteiger partial charge in [-0.15, -0.1) is 0 Å².